The van der Waals surface area contributed by atoms with E-state index in [0.29, 0.717) is 12.5 Å². The minimum Gasteiger partial charge on any atom is -0.396 e. The summed E-state index contributed by atoms with van der Waals surface area (Å²) in [6, 6.07) is 8.81. The molecule has 0 aliphatic carbocycles. The first-order valence-electron chi connectivity index (χ1n) is 6.95. The molecule has 0 radical (unpaired) electrons. The van der Waals surface area contributed by atoms with E-state index in [9.17, 15) is 0 Å². The van der Waals surface area contributed by atoms with E-state index in [1.165, 1.54) is 17.7 Å². The normalized spacial score (nSPS) is 23.1. The molecule has 1 aliphatic rings. The summed E-state index contributed by atoms with van der Waals surface area (Å²) in [5, 5.41) is 9.15. The molecule has 1 N–H and O–H groups in total. The van der Waals surface area contributed by atoms with Crippen molar-refractivity contribution in [1.29, 1.82) is 0 Å². The van der Waals surface area contributed by atoms with Crippen molar-refractivity contribution < 1.29 is 5.11 Å². The summed E-state index contributed by atoms with van der Waals surface area (Å²) < 4.78 is 0. The van der Waals surface area contributed by atoms with Crippen LogP contribution in [0, 0.1) is 18.3 Å². The van der Waals surface area contributed by atoms with Crippen LogP contribution in [0.15, 0.2) is 24.3 Å². The standard InChI is InChI=1S/C16H25NO/c1-13-4-6-15(7-5-13)17-10-8-14(9-11-18)16(2,3)12-17/h4-7,14,18H,8-12H2,1-3H3. The molecule has 0 aromatic heterocycles. The van der Waals surface area contributed by atoms with Gasteiger partial charge in [-0.1, -0.05) is 31.5 Å². The van der Waals surface area contributed by atoms with Gasteiger partial charge in [0.2, 0.25) is 0 Å². The molecule has 0 amide bonds. The Morgan fingerprint density at radius 2 is 1.94 bits per heavy atom. The van der Waals surface area contributed by atoms with Crippen LogP contribution in [-0.4, -0.2) is 24.8 Å². The lowest BCUT2D eigenvalue weighted by Crippen LogP contribution is -2.46. The van der Waals surface area contributed by atoms with Crippen LogP contribution in [0.3, 0.4) is 0 Å². The maximum absolute atomic E-state index is 9.15. The number of aryl methyl sites for hydroxylation is 1. The van der Waals surface area contributed by atoms with Crippen LogP contribution >= 0.6 is 0 Å². The van der Waals surface area contributed by atoms with Crippen LogP contribution in [0.2, 0.25) is 0 Å². The number of nitrogens with zero attached hydrogens (tertiary/aromatic N) is 1. The number of aliphatic hydroxyl groups is 1. The number of rotatable bonds is 3. The molecular formula is C16H25NO. The van der Waals surface area contributed by atoms with Crippen molar-refractivity contribution in [2.24, 2.45) is 11.3 Å². The van der Waals surface area contributed by atoms with Crippen LogP contribution in [0.1, 0.15) is 32.3 Å². The molecule has 1 fully saturated rings. The highest BCUT2D eigenvalue weighted by molar-refractivity contribution is 5.48. The second kappa shape index (κ2) is 5.31. The van der Waals surface area contributed by atoms with Gasteiger partial charge in [0.15, 0.2) is 0 Å². The van der Waals surface area contributed by atoms with Gasteiger partial charge >= 0.3 is 0 Å². The first kappa shape index (κ1) is 13.4. The molecule has 100 valence electrons. The van der Waals surface area contributed by atoms with Gasteiger partial charge in [0.1, 0.15) is 0 Å². The predicted molar refractivity (Wildman–Crippen MR) is 77.0 cm³/mol. The summed E-state index contributed by atoms with van der Waals surface area (Å²) in [6.45, 7) is 9.29. The largest absolute Gasteiger partial charge is 0.396 e. The Bertz CT molecular complexity index is 383. The summed E-state index contributed by atoms with van der Waals surface area (Å²) >= 11 is 0. The topological polar surface area (TPSA) is 23.5 Å². The number of hydrogen-bond donors (Lipinski definition) is 1. The van der Waals surface area contributed by atoms with E-state index in [2.05, 4.69) is 49.9 Å². The molecule has 1 saturated heterocycles. The quantitative estimate of drug-likeness (QED) is 0.886. The Morgan fingerprint density at radius 3 is 2.50 bits per heavy atom. The van der Waals surface area contributed by atoms with E-state index in [-0.39, 0.29) is 5.41 Å². The van der Waals surface area contributed by atoms with Crippen molar-refractivity contribution in [1.82, 2.24) is 0 Å². The minimum absolute atomic E-state index is 0.284. The fourth-order valence-electron chi connectivity index (χ4n) is 3.07. The summed E-state index contributed by atoms with van der Waals surface area (Å²) in [5.74, 6) is 0.643. The summed E-state index contributed by atoms with van der Waals surface area (Å²) in [7, 11) is 0. The minimum atomic E-state index is 0.284. The van der Waals surface area contributed by atoms with Gasteiger partial charge in [-0.3, -0.25) is 0 Å². The van der Waals surface area contributed by atoms with Crippen molar-refractivity contribution in [3.63, 3.8) is 0 Å². The lowest BCUT2D eigenvalue weighted by atomic mass is 9.72. The van der Waals surface area contributed by atoms with E-state index < -0.39 is 0 Å². The van der Waals surface area contributed by atoms with Crippen LogP contribution < -0.4 is 4.90 Å². The lowest BCUT2D eigenvalue weighted by molar-refractivity contribution is 0.134. The zero-order valence-corrected chi connectivity index (χ0v) is 11.8. The number of piperidine rings is 1. The molecule has 0 bridgehead atoms. The molecule has 1 heterocycles. The molecule has 0 spiro atoms. The van der Waals surface area contributed by atoms with Crippen LogP contribution in [0.5, 0.6) is 0 Å². The molecule has 1 atom stereocenters. The van der Waals surface area contributed by atoms with E-state index in [1.807, 2.05) is 0 Å². The van der Waals surface area contributed by atoms with Crippen LogP contribution in [0.25, 0.3) is 0 Å². The fraction of sp³-hybridized carbons (Fsp3) is 0.625. The third kappa shape index (κ3) is 2.86. The van der Waals surface area contributed by atoms with Crippen molar-refractivity contribution >= 4 is 5.69 Å². The zero-order chi connectivity index (χ0) is 13.2. The smallest absolute Gasteiger partial charge is 0.0433 e. The van der Waals surface area contributed by atoms with Crippen LogP contribution in [0.4, 0.5) is 5.69 Å². The SMILES string of the molecule is Cc1ccc(N2CCC(CCO)C(C)(C)C2)cc1. The zero-order valence-electron chi connectivity index (χ0n) is 11.8. The first-order valence-corrected chi connectivity index (χ1v) is 6.95. The first-order chi connectivity index (χ1) is 8.53. The van der Waals surface area contributed by atoms with Gasteiger partial charge in [-0.25, -0.2) is 0 Å². The number of aliphatic hydroxyl groups excluding tert-OH is 1. The highest BCUT2D eigenvalue weighted by atomic mass is 16.3. The highest BCUT2D eigenvalue weighted by Gasteiger charge is 2.35. The van der Waals surface area contributed by atoms with Gasteiger partial charge in [0, 0.05) is 25.4 Å². The number of benzene rings is 1. The summed E-state index contributed by atoms with van der Waals surface area (Å²) in [4.78, 5) is 2.48. The third-order valence-corrected chi connectivity index (χ3v) is 4.33. The molecule has 1 aromatic carbocycles. The molecule has 1 aliphatic heterocycles. The molecule has 2 nitrogen and oxygen atoms in total. The Morgan fingerprint density at radius 1 is 1.28 bits per heavy atom. The average Bonchev–Trinajstić information content (AvgIpc) is 2.32. The molecule has 2 heteroatoms. The number of hydrogen-bond acceptors (Lipinski definition) is 2. The van der Waals surface area contributed by atoms with Gasteiger partial charge in [-0.2, -0.15) is 0 Å². The van der Waals surface area contributed by atoms with E-state index in [1.54, 1.807) is 0 Å². The monoisotopic (exact) mass is 247 g/mol. The predicted octanol–water partition coefficient (Wildman–Crippen LogP) is 3.23. The van der Waals surface area contributed by atoms with Crippen molar-refractivity contribution in [2.45, 2.75) is 33.6 Å². The van der Waals surface area contributed by atoms with Gasteiger partial charge in [0.25, 0.3) is 0 Å². The second-order valence-electron chi connectivity index (χ2n) is 6.24. The summed E-state index contributed by atoms with van der Waals surface area (Å²) in [5.41, 5.74) is 2.93. The third-order valence-electron chi connectivity index (χ3n) is 4.33. The van der Waals surface area contributed by atoms with E-state index >= 15 is 0 Å². The lowest BCUT2D eigenvalue weighted by Gasteiger charge is -2.45. The molecular weight excluding hydrogens is 222 g/mol. The molecule has 0 saturated carbocycles. The maximum atomic E-state index is 9.15. The molecule has 2 rings (SSSR count). The molecule has 1 unspecified atom stereocenters. The summed E-state index contributed by atoms with van der Waals surface area (Å²) in [6.07, 6.45) is 2.12. The molecule has 18 heavy (non-hydrogen) atoms. The van der Waals surface area contributed by atoms with E-state index in [0.717, 1.165) is 19.5 Å². The average molecular weight is 247 g/mol. The molecule has 1 aromatic rings. The maximum Gasteiger partial charge on any atom is 0.0433 e. The van der Waals surface area contributed by atoms with E-state index in [4.69, 9.17) is 5.11 Å². The Balaban J connectivity index is 2.08. The van der Waals surface area contributed by atoms with Gasteiger partial charge < -0.3 is 10.0 Å². The Hall–Kier alpha value is -1.02. The van der Waals surface area contributed by atoms with Crippen LogP contribution in [-0.2, 0) is 0 Å². The van der Waals surface area contributed by atoms with Crippen molar-refractivity contribution in [3.8, 4) is 0 Å². The van der Waals surface area contributed by atoms with Gasteiger partial charge in [0.05, 0.1) is 0 Å². The van der Waals surface area contributed by atoms with Crippen molar-refractivity contribution in [3.05, 3.63) is 29.8 Å². The second-order valence-corrected chi connectivity index (χ2v) is 6.24. The highest BCUT2D eigenvalue weighted by Crippen LogP contribution is 2.38. The Labute approximate surface area is 111 Å². The number of anilines is 1. The van der Waals surface area contributed by atoms with Gasteiger partial charge in [-0.15, -0.1) is 0 Å². The Kier molecular flexibility index (Phi) is 3.96. The van der Waals surface area contributed by atoms with Gasteiger partial charge in [-0.05, 0) is 43.2 Å². The van der Waals surface area contributed by atoms with Crippen molar-refractivity contribution in [2.75, 3.05) is 24.6 Å². The fourth-order valence-corrected chi connectivity index (χ4v) is 3.07.